The average Bonchev–Trinajstić information content (AvgIpc) is 2.50. The Morgan fingerprint density at radius 2 is 1.81 bits per heavy atom. The van der Waals surface area contributed by atoms with E-state index in [9.17, 15) is 9.59 Å². The summed E-state index contributed by atoms with van der Waals surface area (Å²) in [6.45, 7) is 1.21. The van der Waals surface area contributed by atoms with Crippen molar-refractivity contribution in [2.45, 2.75) is 6.54 Å². The molecule has 21 heavy (non-hydrogen) atoms. The van der Waals surface area contributed by atoms with Crippen molar-refractivity contribution in [3.63, 3.8) is 0 Å². The fourth-order valence-electron chi connectivity index (χ4n) is 1.71. The second kappa shape index (κ2) is 8.33. The Hall–Kier alpha value is -1.99. The standard InChI is InChI=1S/C13H17N3O4.ClH/c14-6-12(17)16-8-13(18)15-7-9-1-2-10-11(5-9)20-4-3-19-10;/h1-2,5H,3-4,6-8,14H2,(H,15,18)(H,16,17);1H. The van der Waals surface area contributed by atoms with Crippen LogP contribution in [0, 0.1) is 0 Å². The van der Waals surface area contributed by atoms with Crippen LogP contribution in [0.3, 0.4) is 0 Å². The SMILES string of the molecule is Cl.NCC(=O)NCC(=O)NCc1ccc2c(c1)OCCO2. The van der Waals surface area contributed by atoms with Gasteiger partial charge in [0.15, 0.2) is 11.5 Å². The molecule has 0 radical (unpaired) electrons. The molecule has 1 aromatic carbocycles. The molecule has 4 N–H and O–H groups in total. The third kappa shape index (κ3) is 5.13. The van der Waals surface area contributed by atoms with Crippen molar-refractivity contribution in [2.24, 2.45) is 5.73 Å². The third-order valence-electron chi connectivity index (χ3n) is 2.73. The minimum absolute atomic E-state index is 0. The molecule has 1 aliphatic heterocycles. The van der Waals surface area contributed by atoms with Crippen LogP contribution in [0.2, 0.25) is 0 Å². The smallest absolute Gasteiger partial charge is 0.239 e. The fourth-order valence-corrected chi connectivity index (χ4v) is 1.71. The molecule has 8 heteroatoms. The molecule has 0 fully saturated rings. The summed E-state index contributed by atoms with van der Waals surface area (Å²) in [5, 5.41) is 5.09. The van der Waals surface area contributed by atoms with Gasteiger partial charge in [0.1, 0.15) is 13.2 Å². The number of hydrogen-bond donors (Lipinski definition) is 3. The molecule has 0 unspecified atom stereocenters. The number of nitrogens with one attached hydrogen (secondary N) is 2. The molecule has 0 spiro atoms. The van der Waals surface area contributed by atoms with Gasteiger partial charge in [-0.2, -0.15) is 0 Å². The van der Waals surface area contributed by atoms with Crippen molar-refractivity contribution >= 4 is 24.2 Å². The third-order valence-corrected chi connectivity index (χ3v) is 2.73. The zero-order valence-electron chi connectivity index (χ0n) is 11.4. The normalized spacial score (nSPS) is 12.0. The van der Waals surface area contributed by atoms with Gasteiger partial charge in [-0.3, -0.25) is 9.59 Å². The monoisotopic (exact) mass is 315 g/mol. The quantitative estimate of drug-likeness (QED) is 0.684. The maximum atomic E-state index is 11.5. The van der Waals surface area contributed by atoms with Crippen molar-refractivity contribution in [2.75, 3.05) is 26.3 Å². The average molecular weight is 316 g/mol. The Morgan fingerprint density at radius 1 is 1.10 bits per heavy atom. The highest BCUT2D eigenvalue weighted by atomic mass is 35.5. The molecule has 0 atom stereocenters. The zero-order valence-corrected chi connectivity index (χ0v) is 12.2. The molecule has 0 aliphatic carbocycles. The van der Waals surface area contributed by atoms with Gasteiger partial charge in [-0.25, -0.2) is 0 Å². The largest absolute Gasteiger partial charge is 0.486 e. The number of carbonyl (C=O) groups excluding carboxylic acids is 2. The predicted octanol–water partition coefficient (Wildman–Crippen LogP) is -0.429. The van der Waals surface area contributed by atoms with E-state index >= 15 is 0 Å². The second-order valence-corrected chi connectivity index (χ2v) is 4.24. The molecule has 1 aliphatic rings. The van der Waals surface area contributed by atoms with Crippen LogP contribution < -0.4 is 25.8 Å². The predicted molar refractivity (Wildman–Crippen MR) is 78.6 cm³/mol. The van der Waals surface area contributed by atoms with Crippen LogP contribution in [-0.2, 0) is 16.1 Å². The van der Waals surface area contributed by atoms with E-state index in [0.717, 1.165) is 5.56 Å². The molecule has 116 valence electrons. The Morgan fingerprint density at radius 3 is 2.52 bits per heavy atom. The van der Waals surface area contributed by atoms with Gasteiger partial charge in [0.2, 0.25) is 11.8 Å². The zero-order chi connectivity index (χ0) is 14.4. The second-order valence-electron chi connectivity index (χ2n) is 4.24. The van der Waals surface area contributed by atoms with Crippen molar-refractivity contribution in [3.05, 3.63) is 23.8 Å². The lowest BCUT2D eigenvalue weighted by atomic mass is 10.2. The van der Waals surface area contributed by atoms with Crippen LogP contribution in [0.1, 0.15) is 5.56 Å². The molecule has 2 rings (SSSR count). The molecular formula is C13H18ClN3O4. The summed E-state index contributed by atoms with van der Waals surface area (Å²) in [4.78, 5) is 22.4. The van der Waals surface area contributed by atoms with Crippen LogP contribution in [0.25, 0.3) is 0 Å². The highest BCUT2D eigenvalue weighted by Crippen LogP contribution is 2.30. The minimum atomic E-state index is -0.362. The molecular weight excluding hydrogens is 298 g/mol. The number of hydrogen-bond acceptors (Lipinski definition) is 5. The lowest BCUT2D eigenvalue weighted by molar-refractivity contribution is -0.125. The van der Waals surface area contributed by atoms with E-state index in [4.69, 9.17) is 15.2 Å². The number of nitrogens with two attached hydrogens (primary N) is 1. The molecule has 0 saturated carbocycles. The highest BCUT2D eigenvalue weighted by molar-refractivity contribution is 5.85. The molecule has 1 heterocycles. The fraction of sp³-hybridized carbons (Fsp3) is 0.385. The highest BCUT2D eigenvalue weighted by Gasteiger charge is 2.12. The van der Waals surface area contributed by atoms with Crippen molar-refractivity contribution in [1.29, 1.82) is 0 Å². The summed E-state index contributed by atoms with van der Waals surface area (Å²) in [6.07, 6.45) is 0. The van der Waals surface area contributed by atoms with Gasteiger partial charge in [0.25, 0.3) is 0 Å². The summed E-state index contributed by atoms with van der Waals surface area (Å²) in [5.41, 5.74) is 6.01. The topological polar surface area (TPSA) is 103 Å². The first-order valence-electron chi connectivity index (χ1n) is 6.31. The Balaban J connectivity index is 0.00000220. The van der Waals surface area contributed by atoms with E-state index in [1.807, 2.05) is 18.2 Å². The van der Waals surface area contributed by atoms with E-state index < -0.39 is 0 Å². The van der Waals surface area contributed by atoms with Crippen LogP contribution in [0.4, 0.5) is 0 Å². The number of amides is 2. The molecule has 0 bridgehead atoms. The molecule has 0 saturated heterocycles. The Kier molecular flexibility index (Phi) is 6.77. The molecule has 0 aromatic heterocycles. The van der Waals surface area contributed by atoms with Gasteiger partial charge >= 0.3 is 0 Å². The Bertz CT molecular complexity index is 510. The van der Waals surface area contributed by atoms with E-state index in [-0.39, 0.29) is 37.3 Å². The minimum Gasteiger partial charge on any atom is -0.486 e. The van der Waals surface area contributed by atoms with Gasteiger partial charge in [-0.1, -0.05) is 6.07 Å². The Labute approximate surface area is 128 Å². The van der Waals surface area contributed by atoms with E-state index in [2.05, 4.69) is 10.6 Å². The molecule has 1 aromatic rings. The van der Waals surface area contributed by atoms with Crippen molar-refractivity contribution in [1.82, 2.24) is 10.6 Å². The number of ether oxygens (including phenoxy) is 2. The number of rotatable bonds is 5. The van der Waals surface area contributed by atoms with Gasteiger partial charge < -0.3 is 25.8 Å². The van der Waals surface area contributed by atoms with Crippen LogP contribution in [0.15, 0.2) is 18.2 Å². The maximum absolute atomic E-state index is 11.5. The number of benzene rings is 1. The molecule has 2 amide bonds. The number of fused-ring (bicyclic) bond motifs is 1. The maximum Gasteiger partial charge on any atom is 0.239 e. The van der Waals surface area contributed by atoms with Crippen LogP contribution in [-0.4, -0.2) is 38.1 Å². The summed E-state index contributed by atoms with van der Waals surface area (Å²) in [6, 6.07) is 5.49. The van der Waals surface area contributed by atoms with Gasteiger partial charge in [-0.15, -0.1) is 12.4 Å². The number of carbonyl (C=O) groups is 2. The van der Waals surface area contributed by atoms with Gasteiger partial charge in [-0.05, 0) is 17.7 Å². The number of halogens is 1. The first-order valence-corrected chi connectivity index (χ1v) is 6.31. The van der Waals surface area contributed by atoms with Crippen molar-refractivity contribution in [3.8, 4) is 11.5 Å². The lowest BCUT2D eigenvalue weighted by Crippen LogP contribution is -2.39. The summed E-state index contributed by atoms with van der Waals surface area (Å²) >= 11 is 0. The first-order chi connectivity index (χ1) is 9.69. The summed E-state index contributed by atoms with van der Waals surface area (Å²) < 4.78 is 10.9. The van der Waals surface area contributed by atoms with E-state index in [1.54, 1.807) is 0 Å². The van der Waals surface area contributed by atoms with E-state index in [0.29, 0.717) is 31.3 Å². The van der Waals surface area contributed by atoms with Crippen molar-refractivity contribution < 1.29 is 19.1 Å². The van der Waals surface area contributed by atoms with Crippen LogP contribution in [0.5, 0.6) is 11.5 Å². The lowest BCUT2D eigenvalue weighted by Gasteiger charge is -2.19. The summed E-state index contributed by atoms with van der Waals surface area (Å²) in [7, 11) is 0. The summed E-state index contributed by atoms with van der Waals surface area (Å²) in [5.74, 6) is 0.752. The molecule has 7 nitrogen and oxygen atoms in total. The van der Waals surface area contributed by atoms with Gasteiger partial charge in [0.05, 0.1) is 13.1 Å². The van der Waals surface area contributed by atoms with E-state index in [1.165, 1.54) is 0 Å². The van der Waals surface area contributed by atoms with Crippen LogP contribution >= 0.6 is 12.4 Å². The van der Waals surface area contributed by atoms with Gasteiger partial charge in [0, 0.05) is 6.54 Å². The first kappa shape index (κ1) is 17.1.